The fraction of sp³-hybridized carbons (Fsp3) is 0.650. The molecule has 0 fully saturated rings. The van der Waals surface area contributed by atoms with Gasteiger partial charge in [-0.15, -0.1) is 0 Å². The summed E-state index contributed by atoms with van der Waals surface area (Å²) in [4.78, 5) is 11.6. The summed E-state index contributed by atoms with van der Waals surface area (Å²) in [7, 11) is 0. The third-order valence-corrected chi connectivity index (χ3v) is 4.51. The first-order valence-electron chi connectivity index (χ1n) is 8.88. The molecule has 0 radical (unpaired) electrons. The molecule has 23 heavy (non-hydrogen) atoms. The van der Waals surface area contributed by atoms with E-state index in [1.807, 2.05) is 24.3 Å². The van der Waals surface area contributed by atoms with Gasteiger partial charge in [0.25, 0.3) is 0 Å². The number of ketones is 1. The highest BCUT2D eigenvalue weighted by atomic mass is 16.5. The first-order chi connectivity index (χ1) is 11.0. The Kier molecular flexibility index (Phi) is 8.93. The Labute approximate surface area is 141 Å². The van der Waals surface area contributed by atoms with Crippen molar-refractivity contribution in [1.82, 2.24) is 0 Å². The fourth-order valence-electron chi connectivity index (χ4n) is 2.74. The number of aliphatic hydroxyl groups is 1. The number of carbonyl (C=O) groups is 1. The van der Waals surface area contributed by atoms with Crippen molar-refractivity contribution in [3.05, 3.63) is 29.8 Å². The van der Waals surface area contributed by atoms with E-state index in [9.17, 15) is 9.90 Å². The summed E-state index contributed by atoms with van der Waals surface area (Å²) in [6, 6.07) is 7.89. The standard InChI is InChI=1S/C20H32O3/c1-5-7-8-17(6-2)14-23-19-11-9-18(10-12-19)13-20(15(3)21)16(4)22/h9-12,15,17,20-21H,5-8,13-14H2,1-4H3. The van der Waals surface area contributed by atoms with Gasteiger partial charge in [0, 0.05) is 5.92 Å². The lowest BCUT2D eigenvalue weighted by Gasteiger charge is -2.18. The van der Waals surface area contributed by atoms with Crippen molar-refractivity contribution in [1.29, 1.82) is 0 Å². The van der Waals surface area contributed by atoms with Crippen LogP contribution >= 0.6 is 0 Å². The Bertz CT molecular complexity index is 450. The van der Waals surface area contributed by atoms with E-state index in [1.54, 1.807) is 6.92 Å². The second kappa shape index (κ2) is 10.4. The highest BCUT2D eigenvalue weighted by Gasteiger charge is 2.20. The van der Waals surface area contributed by atoms with E-state index in [-0.39, 0.29) is 11.7 Å². The van der Waals surface area contributed by atoms with E-state index in [0.29, 0.717) is 12.3 Å². The SMILES string of the molecule is CCCCC(CC)COc1ccc(CC(C(C)=O)C(C)O)cc1. The van der Waals surface area contributed by atoms with Crippen molar-refractivity contribution in [3.63, 3.8) is 0 Å². The van der Waals surface area contributed by atoms with Crippen LogP contribution in [0.2, 0.25) is 0 Å². The third kappa shape index (κ3) is 7.17. The maximum absolute atomic E-state index is 11.6. The van der Waals surface area contributed by atoms with Gasteiger partial charge in [0.05, 0.1) is 12.7 Å². The summed E-state index contributed by atoms with van der Waals surface area (Å²) < 4.78 is 5.89. The molecule has 3 heteroatoms. The molecule has 0 aromatic heterocycles. The predicted molar refractivity (Wildman–Crippen MR) is 94.8 cm³/mol. The summed E-state index contributed by atoms with van der Waals surface area (Å²) in [5.74, 6) is 1.19. The average molecular weight is 320 g/mol. The molecule has 1 aromatic rings. The molecule has 3 unspecified atom stereocenters. The van der Waals surface area contributed by atoms with E-state index in [0.717, 1.165) is 24.3 Å². The van der Waals surface area contributed by atoms with Crippen LogP contribution in [0.1, 0.15) is 58.9 Å². The normalized spacial score (nSPS) is 15.0. The van der Waals surface area contributed by atoms with Gasteiger partial charge in [-0.2, -0.15) is 0 Å². The van der Waals surface area contributed by atoms with Gasteiger partial charge in [0.1, 0.15) is 11.5 Å². The molecular formula is C20H32O3. The Balaban J connectivity index is 2.54. The lowest BCUT2D eigenvalue weighted by atomic mass is 9.91. The van der Waals surface area contributed by atoms with Gasteiger partial charge < -0.3 is 9.84 Å². The number of Topliss-reactive ketones (excluding diaryl/α,β-unsaturated/α-hetero) is 1. The first kappa shape index (κ1) is 19.7. The topological polar surface area (TPSA) is 46.5 Å². The van der Waals surface area contributed by atoms with Gasteiger partial charge in [-0.25, -0.2) is 0 Å². The van der Waals surface area contributed by atoms with E-state index in [2.05, 4.69) is 13.8 Å². The smallest absolute Gasteiger partial charge is 0.135 e. The molecule has 0 bridgehead atoms. The molecule has 3 atom stereocenters. The number of benzene rings is 1. The molecule has 0 aliphatic heterocycles. The average Bonchev–Trinajstić information content (AvgIpc) is 2.53. The van der Waals surface area contributed by atoms with Crippen LogP contribution in [-0.4, -0.2) is 23.6 Å². The van der Waals surface area contributed by atoms with E-state index >= 15 is 0 Å². The van der Waals surface area contributed by atoms with Crippen molar-refractivity contribution in [2.45, 2.75) is 65.9 Å². The van der Waals surface area contributed by atoms with E-state index < -0.39 is 6.10 Å². The van der Waals surface area contributed by atoms with Gasteiger partial charge in [-0.3, -0.25) is 4.79 Å². The van der Waals surface area contributed by atoms with Crippen molar-refractivity contribution >= 4 is 5.78 Å². The Hall–Kier alpha value is -1.35. The molecule has 3 nitrogen and oxygen atoms in total. The molecule has 0 saturated heterocycles. The van der Waals surface area contributed by atoms with Crippen molar-refractivity contribution in [2.24, 2.45) is 11.8 Å². The minimum absolute atomic E-state index is 0.0297. The highest BCUT2D eigenvalue weighted by Crippen LogP contribution is 2.20. The van der Waals surface area contributed by atoms with Gasteiger partial charge >= 0.3 is 0 Å². The minimum Gasteiger partial charge on any atom is -0.493 e. The number of hydrogen-bond acceptors (Lipinski definition) is 3. The highest BCUT2D eigenvalue weighted by molar-refractivity contribution is 5.79. The second-order valence-electron chi connectivity index (χ2n) is 6.53. The van der Waals surface area contributed by atoms with Crippen molar-refractivity contribution in [2.75, 3.05) is 6.61 Å². The molecule has 130 valence electrons. The third-order valence-electron chi connectivity index (χ3n) is 4.51. The van der Waals surface area contributed by atoms with Gasteiger partial charge in [-0.05, 0) is 50.3 Å². The summed E-state index contributed by atoms with van der Waals surface area (Å²) in [6.45, 7) is 8.40. The zero-order valence-electron chi connectivity index (χ0n) is 15.0. The van der Waals surface area contributed by atoms with E-state index in [4.69, 9.17) is 4.74 Å². The Morgan fingerprint density at radius 2 is 1.87 bits per heavy atom. The molecule has 1 rings (SSSR count). The molecule has 1 N–H and O–H groups in total. The maximum atomic E-state index is 11.6. The number of aliphatic hydroxyl groups excluding tert-OH is 1. The Morgan fingerprint density at radius 3 is 2.35 bits per heavy atom. The first-order valence-corrected chi connectivity index (χ1v) is 8.88. The van der Waals surface area contributed by atoms with Gasteiger partial charge in [0.15, 0.2) is 0 Å². The molecule has 0 amide bonds. The molecule has 0 aliphatic rings. The van der Waals surface area contributed by atoms with Crippen LogP contribution in [0.25, 0.3) is 0 Å². The summed E-state index contributed by atoms with van der Waals surface area (Å²) >= 11 is 0. The molecule has 0 heterocycles. The van der Waals surface area contributed by atoms with Crippen LogP contribution in [0.4, 0.5) is 0 Å². The van der Waals surface area contributed by atoms with Gasteiger partial charge in [-0.1, -0.05) is 45.2 Å². The quantitative estimate of drug-likeness (QED) is 0.657. The number of rotatable bonds is 11. The number of unbranched alkanes of at least 4 members (excludes halogenated alkanes) is 1. The lowest BCUT2D eigenvalue weighted by Crippen LogP contribution is -2.26. The molecule has 1 aromatic carbocycles. The zero-order valence-corrected chi connectivity index (χ0v) is 15.0. The fourth-order valence-corrected chi connectivity index (χ4v) is 2.74. The van der Waals surface area contributed by atoms with Crippen LogP contribution in [0.3, 0.4) is 0 Å². The monoisotopic (exact) mass is 320 g/mol. The minimum atomic E-state index is -0.618. The molecule has 0 spiro atoms. The predicted octanol–water partition coefficient (Wildman–Crippen LogP) is 4.41. The van der Waals surface area contributed by atoms with E-state index in [1.165, 1.54) is 26.2 Å². The zero-order chi connectivity index (χ0) is 17.2. The van der Waals surface area contributed by atoms with Gasteiger partial charge in [0.2, 0.25) is 0 Å². The Morgan fingerprint density at radius 1 is 1.22 bits per heavy atom. The van der Waals surface area contributed by atoms with Crippen LogP contribution in [0.15, 0.2) is 24.3 Å². The van der Waals surface area contributed by atoms with Crippen LogP contribution in [0, 0.1) is 11.8 Å². The summed E-state index contributed by atoms with van der Waals surface area (Å²) in [6.07, 6.45) is 4.80. The van der Waals surface area contributed by atoms with Crippen molar-refractivity contribution < 1.29 is 14.6 Å². The number of ether oxygens (including phenoxy) is 1. The van der Waals surface area contributed by atoms with Crippen LogP contribution in [0.5, 0.6) is 5.75 Å². The van der Waals surface area contributed by atoms with Crippen LogP contribution in [-0.2, 0) is 11.2 Å². The lowest BCUT2D eigenvalue weighted by molar-refractivity contribution is -0.123. The molecule has 0 saturated carbocycles. The summed E-state index contributed by atoms with van der Waals surface area (Å²) in [5.41, 5.74) is 1.05. The number of hydrogen-bond donors (Lipinski definition) is 1. The van der Waals surface area contributed by atoms with Crippen LogP contribution < -0.4 is 4.74 Å². The molecular weight excluding hydrogens is 288 g/mol. The molecule has 0 aliphatic carbocycles. The maximum Gasteiger partial charge on any atom is 0.135 e. The number of carbonyl (C=O) groups excluding carboxylic acids is 1. The largest absolute Gasteiger partial charge is 0.493 e. The van der Waals surface area contributed by atoms with Crippen molar-refractivity contribution in [3.8, 4) is 5.75 Å². The summed E-state index contributed by atoms with van der Waals surface area (Å²) in [5, 5.41) is 9.70. The second-order valence-corrected chi connectivity index (χ2v) is 6.53.